The molecule has 0 N–H and O–H groups in total. The standard InChI is InChI=1S/C11H9F2N3O2/c1-16-4-8(14-15-16)6-18-11-9(12)2-7(5-17)3-10(11)13/h2-5H,6H2,1H3. The van der Waals surface area contributed by atoms with Gasteiger partial charge in [0.1, 0.15) is 18.6 Å². The van der Waals surface area contributed by atoms with Gasteiger partial charge in [-0.3, -0.25) is 9.48 Å². The van der Waals surface area contributed by atoms with E-state index in [-0.39, 0.29) is 12.2 Å². The third kappa shape index (κ3) is 2.50. The number of hydrogen-bond acceptors (Lipinski definition) is 4. The summed E-state index contributed by atoms with van der Waals surface area (Å²) in [6.45, 7) is -0.109. The van der Waals surface area contributed by atoms with Gasteiger partial charge in [0.05, 0.1) is 6.20 Å². The van der Waals surface area contributed by atoms with Crippen LogP contribution in [-0.4, -0.2) is 21.3 Å². The molecule has 0 bridgehead atoms. The summed E-state index contributed by atoms with van der Waals surface area (Å²) in [5.41, 5.74) is 0.354. The van der Waals surface area contributed by atoms with Gasteiger partial charge >= 0.3 is 0 Å². The van der Waals surface area contributed by atoms with Crippen LogP contribution in [0, 0.1) is 11.6 Å². The van der Waals surface area contributed by atoms with Crippen LogP contribution in [0.25, 0.3) is 0 Å². The minimum atomic E-state index is -0.930. The highest BCUT2D eigenvalue weighted by Gasteiger charge is 2.13. The average molecular weight is 253 g/mol. The summed E-state index contributed by atoms with van der Waals surface area (Å²) in [5, 5.41) is 7.36. The van der Waals surface area contributed by atoms with Crippen LogP contribution in [0.1, 0.15) is 16.1 Å². The van der Waals surface area contributed by atoms with Gasteiger partial charge in [-0.1, -0.05) is 5.21 Å². The van der Waals surface area contributed by atoms with E-state index in [0.717, 1.165) is 12.1 Å². The normalized spacial score (nSPS) is 10.4. The van der Waals surface area contributed by atoms with Gasteiger partial charge in [-0.05, 0) is 12.1 Å². The summed E-state index contributed by atoms with van der Waals surface area (Å²) in [6, 6.07) is 1.81. The van der Waals surface area contributed by atoms with Crippen molar-refractivity contribution in [1.29, 1.82) is 0 Å². The van der Waals surface area contributed by atoms with E-state index in [2.05, 4.69) is 10.3 Å². The summed E-state index contributed by atoms with van der Waals surface area (Å²) in [7, 11) is 1.66. The minimum Gasteiger partial charge on any atom is -0.481 e. The monoisotopic (exact) mass is 253 g/mol. The topological polar surface area (TPSA) is 57.0 Å². The van der Waals surface area contributed by atoms with Gasteiger partial charge in [-0.15, -0.1) is 5.10 Å². The molecular weight excluding hydrogens is 244 g/mol. The van der Waals surface area contributed by atoms with Gasteiger partial charge < -0.3 is 4.74 Å². The molecule has 0 aliphatic rings. The maximum absolute atomic E-state index is 13.4. The van der Waals surface area contributed by atoms with Gasteiger partial charge in [-0.2, -0.15) is 0 Å². The fraction of sp³-hybridized carbons (Fsp3) is 0.182. The first-order valence-electron chi connectivity index (χ1n) is 5.02. The number of aromatic nitrogens is 3. The minimum absolute atomic E-state index is 0.0862. The van der Waals surface area contributed by atoms with Crippen molar-refractivity contribution < 1.29 is 18.3 Å². The Morgan fingerprint density at radius 3 is 2.56 bits per heavy atom. The summed E-state index contributed by atoms with van der Waals surface area (Å²) < 4.78 is 33.3. The molecule has 0 unspecified atom stereocenters. The number of halogens is 2. The molecule has 7 heteroatoms. The van der Waals surface area contributed by atoms with E-state index in [9.17, 15) is 13.6 Å². The number of nitrogens with zero attached hydrogens (tertiary/aromatic N) is 3. The maximum Gasteiger partial charge on any atom is 0.191 e. The number of aldehydes is 1. The van der Waals surface area contributed by atoms with E-state index in [4.69, 9.17) is 4.74 Å². The lowest BCUT2D eigenvalue weighted by molar-refractivity contribution is 0.112. The smallest absolute Gasteiger partial charge is 0.191 e. The van der Waals surface area contributed by atoms with Crippen molar-refractivity contribution in [2.45, 2.75) is 6.61 Å². The lowest BCUT2D eigenvalue weighted by Gasteiger charge is -2.06. The van der Waals surface area contributed by atoms with Crippen LogP contribution in [0.3, 0.4) is 0 Å². The van der Waals surface area contributed by atoms with Crippen LogP contribution >= 0.6 is 0 Å². The molecule has 0 amide bonds. The van der Waals surface area contributed by atoms with Crippen LogP contribution in [0.4, 0.5) is 8.78 Å². The third-order valence-corrected chi connectivity index (χ3v) is 2.17. The molecule has 1 aromatic carbocycles. The molecule has 0 saturated carbocycles. The molecule has 0 aliphatic heterocycles. The highest BCUT2D eigenvalue weighted by atomic mass is 19.1. The Morgan fingerprint density at radius 2 is 2.06 bits per heavy atom. The lowest BCUT2D eigenvalue weighted by Crippen LogP contribution is -2.01. The molecule has 0 atom stereocenters. The predicted molar refractivity (Wildman–Crippen MR) is 57.1 cm³/mol. The highest BCUT2D eigenvalue weighted by Crippen LogP contribution is 2.23. The number of rotatable bonds is 4. The molecule has 18 heavy (non-hydrogen) atoms. The zero-order valence-electron chi connectivity index (χ0n) is 9.43. The molecule has 0 aliphatic carbocycles. The Kier molecular flexibility index (Phi) is 3.31. The molecule has 94 valence electrons. The quantitative estimate of drug-likeness (QED) is 0.774. The first-order chi connectivity index (χ1) is 8.60. The average Bonchev–Trinajstić information content (AvgIpc) is 2.73. The second kappa shape index (κ2) is 4.91. The Labute approximate surface area is 101 Å². The Balaban J connectivity index is 2.16. The van der Waals surface area contributed by atoms with Crippen LogP contribution in [-0.2, 0) is 13.7 Å². The number of benzene rings is 1. The lowest BCUT2D eigenvalue weighted by atomic mass is 10.2. The fourth-order valence-corrected chi connectivity index (χ4v) is 1.39. The van der Waals surface area contributed by atoms with Crippen LogP contribution < -0.4 is 4.74 Å². The molecule has 1 aromatic heterocycles. The van der Waals surface area contributed by atoms with E-state index in [1.165, 1.54) is 4.68 Å². The van der Waals surface area contributed by atoms with Gasteiger partial charge in [0, 0.05) is 12.6 Å². The molecule has 0 spiro atoms. The predicted octanol–water partition coefficient (Wildman–Crippen LogP) is 1.48. The van der Waals surface area contributed by atoms with Crippen LogP contribution in [0.5, 0.6) is 5.75 Å². The van der Waals surface area contributed by atoms with Crippen LogP contribution in [0.2, 0.25) is 0 Å². The third-order valence-electron chi connectivity index (χ3n) is 2.17. The fourth-order valence-electron chi connectivity index (χ4n) is 1.39. The molecule has 1 heterocycles. The van der Waals surface area contributed by atoms with E-state index >= 15 is 0 Å². The van der Waals surface area contributed by atoms with E-state index in [1.54, 1.807) is 13.2 Å². The number of carbonyl (C=O) groups excluding carboxylic acids is 1. The van der Waals surface area contributed by atoms with Crippen molar-refractivity contribution in [3.05, 3.63) is 41.2 Å². The van der Waals surface area contributed by atoms with Crippen molar-refractivity contribution in [3.63, 3.8) is 0 Å². The molecule has 2 rings (SSSR count). The first-order valence-corrected chi connectivity index (χ1v) is 5.02. The molecule has 2 aromatic rings. The zero-order chi connectivity index (χ0) is 13.1. The SMILES string of the molecule is Cn1cc(COc2c(F)cc(C=O)cc2F)nn1. The molecule has 0 fully saturated rings. The van der Waals surface area contributed by atoms with Gasteiger partial charge in [0.2, 0.25) is 0 Å². The molecular formula is C11H9F2N3O2. The van der Waals surface area contributed by atoms with Crippen molar-refractivity contribution in [3.8, 4) is 5.75 Å². The Bertz CT molecular complexity index is 560. The van der Waals surface area contributed by atoms with Crippen LogP contribution in [0.15, 0.2) is 18.3 Å². The first kappa shape index (κ1) is 12.2. The number of carbonyl (C=O) groups is 1. The number of hydrogen-bond donors (Lipinski definition) is 0. The zero-order valence-corrected chi connectivity index (χ0v) is 9.43. The van der Waals surface area contributed by atoms with Crippen molar-refractivity contribution in [2.24, 2.45) is 7.05 Å². The second-order valence-electron chi connectivity index (χ2n) is 3.60. The van der Waals surface area contributed by atoms with E-state index in [0.29, 0.717) is 12.0 Å². The Hall–Kier alpha value is -2.31. The van der Waals surface area contributed by atoms with Crippen molar-refractivity contribution in [2.75, 3.05) is 0 Å². The largest absolute Gasteiger partial charge is 0.481 e. The number of aryl methyl sites for hydroxylation is 1. The second-order valence-corrected chi connectivity index (χ2v) is 3.60. The van der Waals surface area contributed by atoms with E-state index < -0.39 is 17.4 Å². The molecule has 0 radical (unpaired) electrons. The summed E-state index contributed by atoms with van der Waals surface area (Å²) in [4.78, 5) is 10.4. The summed E-state index contributed by atoms with van der Waals surface area (Å²) >= 11 is 0. The van der Waals surface area contributed by atoms with E-state index in [1.807, 2.05) is 0 Å². The van der Waals surface area contributed by atoms with Gasteiger partial charge in [0.15, 0.2) is 17.4 Å². The maximum atomic E-state index is 13.4. The highest BCUT2D eigenvalue weighted by molar-refractivity contribution is 5.75. The molecule has 0 saturated heterocycles. The molecule has 5 nitrogen and oxygen atoms in total. The number of ether oxygens (including phenoxy) is 1. The van der Waals surface area contributed by atoms with Crippen molar-refractivity contribution >= 4 is 6.29 Å². The van der Waals surface area contributed by atoms with Crippen molar-refractivity contribution in [1.82, 2.24) is 15.0 Å². The summed E-state index contributed by atoms with van der Waals surface area (Å²) in [6.07, 6.45) is 1.92. The van der Waals surface area contributed by atoms with Gasteiger partial charge in [-0.25, -0.2) is 8.78 Å². The van der Waals surface area contributed by atoms with Gasteiger partial charge in [0.25, 0.3) is 0 Å². The Morgan fingerprint density at radius 1 is 1.39 bits per heavy atom. The summed E-state index contributed by atoms with van der Waals surface area (Å²) in [5.74, 6) is -2.40.